The van der Waals surface area contributed by atoms with Gasteiger partial charge >= 0.3 is 0 Å². The molecule has 2 aromatic rings. The van der Waals surface area contributed by atoms with Crippen LogP contribution in [0, 0.1) is 0 Å². The number of carbonyl (C=O) groups excluding carboxylic acids is 1. The zero-order valence-corrected chi connectivity index (χ0v) is 10.8. The number of fused-ring (bicyclic) bond motifs is 3. The molecule has 5 heteroatoms. The fourth-order valence-corrected chi connectivity index (χ4v) is 2.79. The van der Waals surface area contributed by atoms with Crippen molar-refractivity contribution in [2.24, 2.45) is 0 Å². The molecule has 0 bridgehead atoms. The molecule has 0 fully saturated rings. The van der Waals surface area contributed by atoms with Crippen molar-refractivity contribution in [3.8, 4) is 0 Å². The summed E-state index contributed by atoms with van der Waals surface area (Å²) in [5.41, 5.74) is 4.00. The van der Waals surface area contributed by atoms with Gasteiger partial charge < -0.3 is 20.7 Å². The number of carbonyl (C=O) groups is 1. The van der Waals surface area contributed by atoms with Crippen molar-refractivity contribution in [1.82, 2.24) is 15.6 Å². The average molecular weight is 259 g/mol. The first-order valence-corrected chi connectivity index (χ1v) is 6.41. The lowest BCUT2D eigenvalue weighted by Crippen LogP contribution is -2.37. The standard InChI is InChI=1S/C14H17N3O2/c1-15-14(19)10-5-16-6-12-13(10)9-4-8(7-18)2-3-11(9)17-12/h2-4,10,16-18H,5-7H2,1H3,(H,15,19). The molecule has 1 amide bonds. The van der Waals surface area contributed by atoms with Crippen LogP contribution in [0.4, 0.5) is 0 Å². The number of amides is 1. The van der Waals surface area contributed by atoms with E-state index in [0.29, 0.717) is 6.54 Å². The highest BCUT2D eigenvalue weighted by Crippen LogP contribution is 2.32. The minimum atomic E-state index is -0.184. The van der Waals surface area contributed by atoms with Crippen LogP contribution in [0.15, 0.2) is 18.2 Å². The number of rotatable bonds is 2. The van der Waals surface area contributed by atoms with E-state index in [1.807, 2.05) is 18.2 Å². The molecule has 4 N–H and O–H groups in total. The Bertz CT molecular complexity index is 633. The van der Waals surface area contributed by atoms with E-state index in [-0.39, 0.29) is 18.4 Å². The quantitative estimate of drug-likeness (QED) is 0.637. The van der Waals surface area contributed by atoms with Gasteiger partial charge in [0, 0.05) is 36.7 Å². The van der Waals surface area contributed by atoms with Crippen LogP contribution < -0.4 is 10.6 Å². The first-order valence-electron chi connectivity index (χ1n) is 6.41. The molecule has 1 unspecified atom stereocenters. The van der Waals surface area contributed by atoms with E-state index in [9.17, 15) is 9.90 Å². The lowest BCUT2D eigenvalue weighted by molar-refractivity contribution is -0.122. The van der Waals surface area contributed by atoms with Gasteiger partial charge in [-0.15, -0.1) is 0 Å². The van der Waals surface area contributed by atoms with Gasteiger partial charge in [0.1, 0.15) is 0 Å². The summed E-state index contributed by atoms with van der Waals surface area (Å²) in [6.07, 6.45) is 0. The van der Waals surface area contributed by atoms with Gasteiger partial charge in [0.2, 0.25) is 5.91 Å². The van der Waals surface area contributed by atoms with E-state index in [1.54, 1.807) is 7.05 Å². The number of hydrogen-bond acceptors (Lipinski definition) is 3. The van der Waals surface area contributed by atoms with Crippen molar-refractivity contribution in [1.29, 1.82) is 0 Å². The molecule has 1 aliphatic heterocycles. The van der Waals surface area contributed by atoms with E-state index in [1.165, 1.54) is 0 Å². The first kappa shape index (κ1) is 12.2. The first-order chi connectivity index (χ1) is 9.24. The summed E-state index contributed by atoms with van der Waals surface area (Å²) in [7, 11) is 1.66. The summed E-state index contributed by atoms with van der Waals surface area (Å²) in [5, 5.41) is 16.3. The molecule has 1 atom stereocenters. The van der Waals surface area contributed by atoms with Gasteiger partial charge in [0.05, 0.1) is 12.5 Å². The molecule has 19 heavy (non-hydrogen) atoms. The van der Waals surface area contributed by atoms with E-state index in [4.69, 9.17) is 0 Å². The zero-order chi connectivity index (χ0) is 13.4. The molecule has 1 aliphatic rings. The second-order valence-corrected chi connectivity index (χ2v) is 4.85. The van der Waals surface area contributed by atoms with Gasteiger partial charge in [-0.3, -0.25) is 4.79 Å². The van der Waals surface area contributed by atoms with Gasteiger partial charge in [0.25, 0.3) is 0 Å². The lowest BCUT2D eigenvalue weighted by Gasteiger charge is -2.22. The van der Waals surface area contributed by atoms with Gasteiger partial charge in [-0.2, -0.15) is 0 Å². The predicted octanol–water partition coefficient (Wildman–Crippen LogP) is 0.593. The van der Waals surface area contributed by atoms with E-state index in [0.717, 1.165) is 34.3 Å². The third-order valence-electron chi connectivity index (χ3n) is 3.73. The van der Waals surface area contributed by atoms with Crippen LogP contribution in [-0.2, 0) is 17.9 Å². The topological polar surface area (TPSA) is 77.2 Å². The van der Waals surface area contributed by atoms with Gasteiger partial charge in [-0.05, 0) is 23.3 Å². The van der Waals surface area contributed by atoms with Crippen LogP contribution in [0.1, 0.15) is 22.7 Å². The van der Waals surface area contributed by atoms with E-state index in [2.05, 4.69) is 15.6 Å². The Morgan fingerprint density at radius 1 is 1.53 bits per heavy atom. The Hall–Kier alpha value is -1.85. The average Bonchev–Trinajstić information content (AvgIpc) is 2.83. The second kappa shape index (κ2) is 4.68. The Labute approximate surface area is 111 Å². The third-order valence-corrected chi connectivity index (χ3v) is 3.73. The number of aliphatic hydroxyl groups excluding tert-OH is 1. The second-order valence-electron chi connectivity index (χ2n) is 4.85. The Morgan fingerprint density at radius 2 is 2.37 bits per heavy atom. The van der Waals surface area contributed by atoms with Crippen molar-refractivity contribution >= 4 is 16.8 Å². The largest absolute Gasteiger partial charge is 0.392 e. The minimum absolute atomic E-state index is 0.0127. The molecule has 0 saturated heterocycles. The van der Waals surface area contributed by atoms with Crippen LogP contribution >= 0.6 is 0 Å². The molecule has 0 saturated carbocycles. The number of H-pyrrole nitrogens is 1. The molecule has 5 nitrogen and oxygen atoms in total. The Kier molecular flexibility index (Phi) is 3.00. The number of nitrogens with one attached hydrogen (secondary N) is 3. The molecule has 0 spiro atoms. The van der Waals surface area contributed by atoms with Crippen LogP contribution in [-0.4, -0.2) is 29.6 Å². The van der Waals surface area contributed by atoms with E-state index >= 15 is 0 Å². The number of aromatic amines is 1. The van der Waals surface area contributed by atoms with Gasteiger partial charge in [0.15, 0.2) is 0 Å². The lowest BCUT2D eigenvalue weighted by atomic mass is 9.91. The maximum atomic E-state index is 12.0. The summed E-state index contributed by atoms with van der Waals surface area (Å²) >= 11 is 0. The van der Waals surface area contributed by atoms with Crippen molar-refractivity contribution < 1.29 is 9.90 Å². The Morgan fingerprint density at radius 3 is 3.11 bits per heavy atom. The molecule has 2 heterocycles. The highest BCUT2D eigenvalue weighted by atomic mass is 16.3. The monoisotopic (exact) mass is 259 g/mol. The van der Waals surface area contributed by atoms with Gasteiger partial charge in [-0.25, -0.2) is 0 Å². The van der Waals surface area contributed by atoms with Crippen molar-refractivity contribution in [3.05, 3.63) is 35.0 Å². The van der Waals surface area contributed by atoms with E-state index < -0.39 is 0 Å². The fraction of sp³-hybridized carbons (Fsp3) is 0.357. The van der Waals surface area contributed by atoms with Crippen LogP contribution in [0.2, 0.25) is 0 Å². The maximum absolute atomic E-state index is 12.0. The SMILES string of the molecule is CNC(=O)C1CNCc2[nH]c3ccc(CO)cc3c21. The maximum Gasteiger partial charge on any atom is 0.228 e. The van der Waals surface area contributed by atoms with Crippen LogP contribution in [0.5, 0.6) is 0 Å². The summed E-state index contributed by atoms with van der Waals surface area (Å²) < 4.78 is 0. The number of aromatic nitrogens is 1. The van der Waals surface area contributed by atoms with Gasteiger partial charge in [-0.1, -0.05) is 6.07 Å². The highest BCUT2D eigenvalue weighted by molar-refractivity contribution is 5.94. The number of likely N-dealkylation sites (N-methyl/N-ethyl adjacent to an activating group) is 1. The van der Waals surface area contributed by atoms with Crippen molar-refractivity contribution in [2.45, 2.75) is 19.1 Å². The summed E-state index contributed by atoms with van der Waals surface area (Å²) in [6.45, 7) is 1.40. The minimum Gasteiger partial charge on any atom is -0.392 e. The molecule has 3 rings (SSSR count). The molecule has 0 aliphatic carbocycles. The Balaban J connectivity index is 2.20. The van der Waals surface area contributed by atoms with Crippen LogP contribution in [0.3, 0.4) is 0 Å². The highest BCUT2D eigenvalue weighted by Gasteiger charge is 2.29. The zero-order valence-electron chi connectivity index (χ0n) is 10.8. The number of hydrogen-bond donors (Lipinski definition) is 4. The number of aliphatic hydroxyl groups is 1. The number of benzene rings is 1. The third kappa shape index (κ3) is 1.91. The summed E-state index contributed by atoms with van der Waals surface area (Å²) in [5.74, 6) is -0.166. The van der Waals surface area contributed by atoms with Crippen molar-refractivity contribution in [2.75, 3.05) is 13.6 Å². The molecular formula is C14H17N3O2. The molecule has 0 radical (unpaired) electrons. The smallest absolute Gasteiger partial charge is 0.228 e. The van der Waals surface area contributed by atoms with Crippen molar-refractivity contribution in [3.63, 3.8) is 0 Å². The normalized spacial score (nSPS) is 18.3. The molecule has 1 aromatic heterocycles. The summed E-state index contributed by atoms with van der Waals surface area (Å²) in [6, 6.07) is 5.82. The molecular weight excluding hydrogens is 242 g/mol. The molecule has 100 valence electrons. The van der Waals surface area contributed by atoms with Crippen LogP contribution in [0.25, 0.3) is 10.9 Å². The fourth-order valence-electron chi connectivity index (χ4n) is 2.79. The predicted molar refractivity (Wildman–Crippen MR) is 72.7 cm³/mol. The summed E-state index contributed by atoms with van der Waals surface area (Å²) in [4.78, 5) is 15.4. The molecule has 1 aromatic carbocycles.